The quantitative estimate of drug-likeness (QED) is 0.303. The standard InChI is InChI=1S/C39H50N6O5/c46-37(15-14-31-10-12-32(13-11-31)30-43-22-24-44(25-23-43)39(48)45-26-28-49-29-27-45)40-18-21-42-19-16-34(17-20-42)50-38(47)41-36-9-5-4-8-35(36)33-6-2-1-3-7-33/h1-13,34H,14-30H2,(H,40,46)(H,41,47). The van der Waals surface area contributed by atoms with Gasteiger partial charge in [0.05, 0.1) is 18.9 Å². The molecule has 50 heavy (non-hydrogen) atoms. The SMILES string of the molecule is O=C(CCc1ccc(CN2CCN(C(=O)N3CCOCC3)CC2)cc1)NCCN1CCC(OC(=O)Nc2ccccc2-c2ccccc2)CC1. The third-order valence-electron chi connectivity index (χ3n) is 9.80. The summed E-state index contributed by atoms with van der Waals surface area (Å²) in [5.74, 6) is 0.0595. The highest BCUT2D eigenvalue weighted by Crippen LogP contribution is 2.28. The van der Waals surface area contributed by atoms with Crippen molar-refractivity contribution in [3.8, 4) is 11.1 Å². The van der Waals surface area contributed by atoms with Crippen molar-refractivity contribution in [1.29, 1.82) is 0 Å². The Hall–Kier alpha value is -4.45. The Morgan fingerprint density at radius 1 is 0.720 bits per heavy atom. The molecule has 3 aliphatic rings. The van der Waals surface area contributed by atoms with Gasteiger partial charge in [-0.3, -0.25) is 15.0 Å². The number of likely N-dealkylation sites (tertiary alicyclic amines) is 1. The molecule has 0 spiro atoms. The molecular weight excluding hydrogens is 632 g/mol. The lowest BCUT2D eigenvalue weighted by atomic mass is 10.0. The molecule has 0 bridgehead atoms. The molecule has 6 rings (SSSR count). The molecule has 0 radical (unpaired) electrons. The Morgan fingerprint density at radius 3 is 2.12 bits per heavy atom. The van der Waals surface area contributed by atoms with Crippen molar-refractivity contribution in [2.45, 2.75) is 38.3 Å². The van der Waals surface area contributed by atoms with Crippen molar-refractivity contribution in [3.63, 3.8) is 0 Å². The fraction of sp³-hybridized carbons (Fsp3) is 0.462. The zero-order valence-corrected chi connectivity index (χ0v) is 28.9. The highest BCUT2D eigenvalue weighted by Gasteiger charge is 2.26. The van der Waals surface area contributed by atoms with Gasteiger partial charge in [0, 0.05) is 84.0 Å². The minimum Gasteiger partial charge on any atom is -0.446 e. The number of benzene rings is 3. The van der Waals surface area contributed by atoms with Gasteiger partial charge in [0.25, 0.3) is 0 Å². The molecule has 3 aromatic carbocycles. The lowest BCUT2D eigenvalue weighted by molar-refractivity contribution is -0.121. The first-order chi connectivity index (χ1) is 24.5. The lowest BCUT2D eigenvalue weighted by Crippen LogP contribution is -2.54. The number of nitrogens with zero attached hydrogens (tertiary/aromatic N) is 4. The number of hydrogen-bond donors (Lipinski definition) is 2. The maximum Gasteiger partial charge on any atom is 0.411 e. The third-order valence-corrected chi connectivity index (χ3v) is 9.80. The van der Waals surface area contributed by atoms with Gasteiger partial charge in [-0.25, -0.2) is 9.59 Å². The molecule has 2 N–H and O–H groups in total. The van der Waals surface area contributed by atoms with E-state index in [0.717, 1.165) is 87.6 Å². The summed E-state index contributed by atoms with van der Waals surface area (Å²) < 4.78 is 11.1. The first kappa shape index (κ1) is 35.4. The summed E-state index contributed by atoms with van der Waals surface area (Å²) >= 11 is 0. The van der Waals surface area contributed by atoms with Crippen molar-refractivity contribution >= 4 is 23.7 Å². The number of nitrogens with one attached hydrogen (secondary N) is 2. The molecule has 0 atom stereocenters. The number of rotatable bonds is 11. The summed E-state index contributed by atoms with van der Waals surface area (Å²) in [5, 5.41) is 6.00. The van der Waals surface area contributed by atoms with Gasteiger partial charge in [-0.2, -0.15) is 0 Å². The maximum absolute atomic E-state index is 12.7. The monoisotopic (exact) mass is 682 g/mol. The number of carbonyl (C=O) groups is 3. The van der Waals surface area contributed by atoms with E-state index in [0.29, 0.717) is 45.7 Å². The van der Waals surface area contributed by atoms with Crippen LogP contribution in [-0.2, 0) is 27.2 Å². The Labute approximate surface area is 295 Å². The first-order valence-electron chi connectivity index (χ1n) is 18.0. The highest BCUT2D eigenvalue weighted by atomic mass is 16.6. The number of morpholine rings is 1. The number of piperidine rings is 1. The molecule has 266 valence electrons. The van der Waals surface area contributed by atoms with Crippen LogP contribution in [0.5, 0.6) is 0 Å². The maximum atomic E-state index is 12.7. The Balaban J connectivity index is 0.822. The van der Waals surface area contributed by atoms with Crippen molar-refractivity contribution < 1.29 is 23.9 Å². The van der Waals surface area contributed by atoms with Crippen LogP contribution in [0.2, 0.25) is 0 Å². The van der Waals surface area contributed by atoms with Crippen LogP contribution in [0.25, 0.3) is 11.1 Å². The third kappa shape index (κ3) is 10.3. The fourth-order valence-corrected chi connectivity index (χ4v) is 6.82. The molecule has 0 unspecified atom stereocenters. The molecular formula is C39H50N6O5. The molecule has 3 aromatic rings. The molecule has 3 heterocycles. The number of hydrogen-bond acceptors (Lipinski definition) is 7. The van der Waals surface area contributed by atoms with Crippen molar-refractivity contribution in [3.05, 3.63) is 90.0 Å². The molecule has 3 aliphatic heterocycles. The van der Waals surface area contributed by atoms with E-state index in [1.54, 1.807) is 0 Å². The highest BCUT2D eigenvalue weighted by molar-refractivity contribution is 5.91. The van der Waals surface area contributed by atoms with Crippen LogP contribution in [0, 0.1) is 0 Å². The Kier molecular flexibility index (Phi) is 12.7. The molecule has 11 heteroatoms. The number of carbonyl (C=O) groups excluding carboxylic acids is 3. The molecule has 3 saturated heterocycles. The smallest absolute Gasteiger partial charge is 0.411 e. The van der Waals surface area contributed by atoms with Crippen LogP contribution < -0.4 is 10.6 Å². The van der Waals surface area contributed by atoms with Crippen LogP contribution in [0.1, 0.15) is 30.4 Å². The second kappa shape index (κ2) is 18.0. The summed E-state index contributed by atoms with van der Waals surface area (Å²) in [6.45, 7) is 9.73. The number of piperazine rings is 1. The molecule has 0 aromatic heterocycles. The average molecular weight is 683 g/mol. The molecule has 0 aliphatic carbocycles. The molecule has 11 nitrogen and oxygen atoms in total. The van der Waals surface area contributed by atoms with Crippen LogP contribution in [0.4, 0.5) is 15.3 Å². The van der Waals surface area contributed by atoms with Crippen LogP contribution in [-0.4, -0.2) is 122 Å². The van der Waals surface area contributed by atoms with Crippen molar-refractivity contribution in [2.75, 3.05) is 84.0 Å². The van der Waals surface area contributed by atoms with E-state index in [2.05, 4.69) is 44.7 Å². The van der Waals surface area contributed by atoms with Gasteiger partial charge in [-0.1, -0.05) is 72.8 Å². The zero-order valence-electron chi connectivity index (χ0n) is 28.9. The summed E-state index contributed by atoms with van der Waals surface area (Å²) in [6.07, 6.45) is 2.13. The predicted octanol–water partition coefficient (Wildman–Crippen LogP) is 4.69. The van der Waals surface area contributed by atoms with E-state index < -0.39 is 6.09 Å². The van der Waals surface area contributed by atoms with E-state index in [9.17, 15) is 14.4 Å². The van der Waals surface area contributed by atoms with Crippen molar-refractivity contribution in [2.24, 2.45) is 0 Å². The second-order valence-corrected chi connectivity index (χ2v) is 13.3. The lowest BCUT2D eigenvalue weighted by Gasteiger charge is -2.38. The predicted molar refractivity (Wildman–Crippen MR) is 194 cm³/mol. The molecule has 4 amide bonds. The van der Waals surface area contributed by atoms with Gasteiger partial charge in [0.15, 0.2) is 0 Å². The molecule has 3 fully saturated rings. The Morgan fingerprint density at radius 2 is 1.38 bits per heavy atom. The normalized spacial score (nSPS) is 17.7. The topological polar surface area (TPSA) is 107 Å². The second-order valence-electron chi connectivity index (χ2n) is 13.3. The number of amides is 4. The van der Waals surface area contributed by atoms with Crippen LogP contribution in [0.15, 0.2) is 78.9 Å². The first-order valence-corrected chi connectivity index (χ1v) is 18.0. The van der Waals surface area contributed by atoms with Gasteiger partial charge >= 0.3 is 12.1 Å². The average Bonchev–Trinajstić information content (AvgIpc) is 3.16. The molecule has 0 saturated carbocycles. The zero-order chi connectivity index (χ0) is 34.5. The van der Waals surface area contributed by atoms with Gasteiger partial charge in [0.1, 0.15) is 6.10 Å². The van der Waals surface area contributed by atoms with E-state index in [-0.39, 0.29) is 18.0 Å². The van der Waals surface area contributed by atoms with Crippen LogP contribution >= 0.6 is 0 Å². The van der Waals surface area contributed by atoms with Gasteiger partial charge in [0.2, 0.25) is 5.91 Å². The van der Waals surface area contributed by atoms with E-state index in [1.807, 2.05) is 64.4 Å². The summed E-state index contributed by atoms with van der Waals surface area (Å²) in [4.78, 5) is 46.6. The Bertz CT molecular complexity index is 1530. The van der Waals surface area contributed by atoms with E-state index in [4.69, 9.17) is 9.47 Å². The number of anilines is 1. The number of ether oxygens (including phenoxy) is 2. The number of urea groups is 1. The summed E-state index contributed by atoms with van der Waals surface area (Å²) in [5.41, 5.74) is 5.12. The van der Waals surface area contributed by atoms with E-state index >= 15 is 0 Å². The summed E-state index contributed by atoms with van der Waals surface area (Å²) in [7, 11) is 0. The number of para-hydroxylation sites is 1. The van der Waals surface area contributed by atoms with Crippen molar-refractivity contribution in [1.82, 2.24) is 24.9 Å². The van der Waals surface area contributed by atoms with Crippen LogP contribution in [0.3, 0.4) is 0 Å². The minimum absolute atomic E-state index is 0.0595. The number of aryl methyl sites for hydroxylation is 1. The fourth-order valence-electron chi connectivity index (χ4n) is 6.82. The van der Waals surface area contributed by atoms with Gasteiger partial charge in [-0.15, -0.1) is 0 Å². The van der Waals surface area contributed by atoms with E-state index in [1.165, 1.54) is 5.56 Å². The van der Waals surface area contributed by atoms with Gasteiger partial charge in [-0.05, 0) is 42.0 Å². The van der Waals surface area contributed by atoms with Gasteiger partial charge < -0.3 is 29.5 Å². The summed E-state index contributed by atoms with van der Waals surface area (Å²) in [6, 6.07) is 26.4. The largest absolute Gasteiger partial charge is 0.446 e. The minimum atomic E-state index is -0.429.